The lowest BCUT2D eigenvalue weighted by atomic mass is 9.88. The first-order valence-corrected chi connectivity index (χ1v) is 9.06. The Morgan fingerprint density at radius 1 is 0.769 bits per heavy atom. The minimum absolute atomic E-state index is 0.150. The number of hydrogen-bond donors (Lipinski definition) is 2. The van der Waals surface area contributed by atoms with Crippen LogP contribution in [0.2, 0.25) is 0 Å². The molecule has 138 valence electrons. The molecule has 26 heavy (non-hydrogen) atoms. The molecule has 0 heterocycles. The SMILES string of the molecule is Cc1ccc(-c2ccc(C(CCCC(=O)O)CCCC(=O)O)cc2)cc1. The summed E-state index contributed by atoms with van der Waals surface area (Å²) >= 11 is 0. The molecule has 0 aromatic heterocycles. The van der Waals surface area contributed by atoms with E-state index < -0.39 is 11.9 Å². The molecule has 0 saturated carbocycles. The van der Waals surface area contributed by atoms with Gasteiger partial charge in [0.25, 0.3) is 0 Å². The van der Waals surface area contributed by atoms with Crippen LogP contribution in [0.5, 0.6) is 0 Å². The van der Waals surface area contributed by atoms with Crippen molar-refractivity contribution < 1.29 is 19.8 Å². The Hall–Kier alpha value is -2.62. The van der Waals surface area contributed by atoms with Crippen molar-refractivity contribution in [1.29, 1.82) is 0 Å². The van der Waals surface area contributed by atoms with E-state index >= 15 is 0 Å². The maximum absolute atomic E-state index is 10.8. The summed E-state index contributed by atoms with van der Waals surface area (Å²) in [6.45, 7) is 2.06. The van der Waals surface area contributed by atoms with E-state index in [-0.39, 0.29) is 18.8 Å². The van der Waals surface area contributed by atoms with Gasteiger partial charge in [0.15, 0.2) is 0 Å². The third kappa shape index (κ3) is 6.36. The molecule has 0 amide bonds. The highest BCUT2D eigenvalue weighted by Gasteiger charge is 2.13. The lowest BCUT2D eigenvalue weighted by Crippen LogP contribution is -2.04. The summed E-state index contributed by atoms with van der Waals surface area (Å²) in [5.74, 6) is -1.38. The van der Waals surface area contributed by atoms with Crippen molar-refractivity contribution in [3.05, 3.63) is 59.7 Å². The summed E-state index contributed by atoms with van der Waals surface area (Å²) in [6.07, 6.45) is 3.03. The van der Waals surface area contributed by atoms with Gasteiger partial charge in [0.1, 0.15) is 0 Å². The first-order valence-electron chi connectivity index (χ1n) is 9.06. The molecule has 4 heteroatoms. The van der Waals surface area contributed by atoms with Crippen LogP contribution in [-0.4, -0.2) is 22.2 Å². The van der Waals surface area contributed by atoms with Crippen LogP contribution >= 0.6 is 0 Å². The molecule has 0 aliphatic heterocycles. The van der Waals surface area contributed by atoms with Crippen molar-refractivity contribution in [3.8, 4) is 11.1 Å². The zero-order valence-corrected chi connectivity index (χ0v) is 15.1. The number of aliphatic carboxylic acids is 2. The summed E-state index contributed by atoms with van der Waals surface area (Å²) in [5.41, 5.74) is 4.68. The lowest BCUT2D eigenvalue weighted by molar-refractivity contribution is -0.138. The molecule has 0 aliphatic carbocycles. The average molecular weight is 354 g/mol. The highest BCUT2D eigenvalue weighted by atomic mass is 16.4. The molecule has 0 fully saturated rings. The Morgan fingerprint density at radius 3 is 1.62 bits per heavy atom. The normalized spacial score (nSPS) is 10.8. The average Bonchev–Trinajstić information content (AvgIpc) is 2.61. The molecule has 0 bridgehead atoms. The largest absolute Gasteiger partial charge is 0.481 e. The topological polar surface area (TPSA) is 74.6 Å². The van der Waals surface area contributed by atoms with Gasteiger partial charge in [-0.25, -0.2) is 0 Å². The van der Waals surface area contributed by atoms with E-state index in [0.717, 1.165) is 29.5 Å². The number of aryl methyl sites for hydroxylation is 1. The zero-order chi connectivity index (χ0) is 18.9. The van der Waals surface area contributed by atoms with Crippen molar-refractivity contribution in [3.63, 3.8) is 0 Å². The van der Waals surface area contributed by atoms with Crippen molar-refractivity contribution in [1.82, 2.24) is 0 Å². The number of hydrogen-bond acceptors (Lipinski definition) is 2. The van der Waals surface area contributed by atoms with E-state index in [1.54, 1.807) is 0 Å². The van der Waals surface area contributed by atoms with Gasteiger partial charge < -0.3 is 10.2 Å². The number of carboxylic acids is 2. The maximum Gasteiger partial charge on any atom is 0.303 e. The van der Waals surface area contributed by atoms with Crippen LogP contribution in [0.4, 0.5) is 0 Å². The number of carboxylic acid groups (broad SMARTS) is 2. The molecule has 0 aliphatic rings. The predicted molar refractivity (Wildman–Crippen MR) is 102 cm³/mol. The second-order valence-corrected chi connectivity index (χ2v) is 6.76. The summed E-state index contributed by atoms with van der Waals surface area (Å²) in [4.78, 5) is 21.5. The molecule has 4 nitrogen and oxygen atoms in total. The minimum atomic E-state index is -0.788. The van der Waals surface area contributed by atoms with Crippen molar-refractivity contribution in [2.24, 2.45) is 0 Å². The van der Waals surface area contributed by atoms with Crippen molar-refractivity contribution >= 4 is 11.9 Å². The van der Waals surface area contributed by atoms with E-state index in [2.05, 4.69) is 55.5 Å². The van der Waals surface area contributed by atoms with E-state index in [1.807, 2.05) is 0 Å². The molecule has 0 radical (unpaired) electrons. The van der Waals surface area contributed by atoms with Gasteiger partial charge in [-0.05, 0) is 55.2 Å². The van der Waals surface area contributed by atoms with Gasteiger partial charge in [-0.15, -0.1) is 0 Å². The molecule has 2 aromatic carbocycles. The third-order valence-electron chi connectivity index (χ3n) is 4.65. The summed E-state index contributed by atoms with van der Waals surface area (Å²) in [7, 11) is 0. The van der Waals surface area contributed by atoms with Gasteiger partial charge in [-0.1, -0.05) is 54.1 Å². The smallest absolute Gasteiger partial charge is 0.303 e. The monoisotopic (exact) mass is 354 g/mol. The maximum atomic E-state index is 10.8. The number of rotatable bonds is 10. The van der Waals surface area contributed by atoms with E-state index in [1.165, 1.54) is 5.56 Å². The van der Waals surface area contributed by atoms with Crippen LogP contribution in [0.15, 0.2) is 48.5 Å². The number of benzene rings is 2. The van der Waals surface area contributed by atoms with Gasteiger partial charge in [0.05, 0.1) is 0 Å². The highest BCUT2D eigenvalue weighted by molar-refractivity contribution is 5.67. The fourth-order valence-corrected chi connectivity index (χ4v) is 3.17. The van der Waals surface area contributed by atoms with Crippen molar-refractivity contribution in [2.75, 3.05) is 0 Å². The summed E-state index contributed by atoms with van der Waals surface area (Å²) < 4.78 is 0. The fourth-order valence-electron chi connectivity index (χ4n) is 3.17. The molecule has 2 aromatic rings. The second-order valence-electron chi connectivity index (χ2n) is 6.76. The van der Waals surface area contributed by atoms with Gasteiger partial charge >= 0.3 is 11.9 Å². The second kappa shape index (κ2) is 9.76. The van der Waals surface area contributed by atoms with Gasteiger partial charge in [0.2, 0.25) is 0 Å². The molecule has 2 rings (SSSR count). The van der Waals surface area contributed by atoms with E-state index in [4.69, 9.17) is 10.2 Å². The van der Waals surface area contributed by atoms with E-state index in [9.17, 15) is 9.59 Å². The summed E-state index contributed by atoms with van der Waals surface area (Å²) in [6, 6.07) is 16.7. The van der Waals surface area contributed by atoms with Crippen LogP contribution in [0.25, 0.3) is 11.1 Å². The fraction of sp³-hybridized carbons (Fsp3) is 0.364. The van der Waals surface area contributed by atoms with Gasteiger partial charge in [-0.3, -0.25) is 9.59 Å². The van der Waals surface area contributed by atoms with Gasteiger partial charge in [-0.2, -0.15) is 0 Å². The zero-order valence-electron chi connectivity index (χ0n) is 15.1. The van der Waals surface area contributed by atoms with Crippen molar-refractivity contribution in [2.45, 2.75) is 51.4 Å². The molecule has 0 spiro atoms. The number of carbonyl (C=O) groups is 2. The first kappa shape index (κ1) is 19.7. The van der Waals surface area contributed by atoms with Crippen LogP contribution in [0.3, 0.4) is 0 Å². The molecule has 0 atom stereocenters. The van der Waals surface area contributed by atoms with Crippen LogP contribution < -0.4 is 0 Å². The minimum Gasteiger partial charge on any atom is -0.481 e. The van der Waals surface area contributed by atoms with Crippen LogP contribution in [-0.2, 0) is 9.59 Å². The Labute approximate surface area is 154 Å². The van der Waals surface area contributed by atoms with Crippen LogP contribution in [0.1, 0.15) is 55.6 Å². The van der Waals surface area contributed by atoms with Gasteiger partial charge in [0, 0.05) is 12.8 Å². The highest BCUT2D eigenvalue weighted by Crippen LogP contribution is 2.30. The predicted octanol–water partition coefficient (Wildman–Crippen LogP) is 5.26. The molecule has 0 unspecified atom stereocenters. The standard InChI is InChI=1S/C22H26O4/c1-16-8-10-18(11-9-16)20-14-12-19(13-15-20)17(4-2-6-21(23)24)5-3-7-22(25)26/h8-15,17H,2-7H2,1H3,(H,23,24)(H,25,26). The summed E-state index contributed by atoms with van der Waals surface area (Å²) in [5, 5.41) is 17.7. The lowest BCUT2D eigenvalue weighted by Gasteiger charge is -2.17. The third-order valence-corrected chi connectivity index (χ3v) is 4.65. The molecular formula is C22H26O4. The molecule has 2 N–H and O–H groups in total. The van der Waals surface area contributed by atoms with E-state index in [0.29, 0.717) is 12.8 Å². The Bertz CT molecular complexity index is 697. The molecular weight excluding hydrogens is 328 g/mol. The Kier molecular flexibility index (Phi) is 7.39. The van der Waals surface area contributed by atoms with Crippen LogP contribution in [0, 0.1) is 6.92 Å². The quantitative estimate of drug-likeness (QED) is 0.610. The molecule has 0 saturated heterocycles. The Balaban J connectivity index is 2.08. The first-order chi connectivity index (χ1) is 12.5. The Morgan fingerprint density at radius 2 is 1.19 bits per heavy atom.